The summed E-state index contributed by atoms with van der Waals surface area (Å²) >= 11 is 7.84. The summed E-state index contributed by atoms with van der Waals surface area (Å²) in [6.45, 7) is 9.45. The lowest BCUT2D eigenvalue weighted by molar-refractivity contribution is 0.413. The Morgan fingerprint density at radius 1 is 1.40 bits per heavy atom. The molecular weight excluding hydrogens is 292 g/mol. The van der Waals surface area contributed by atoms with Crippen molar-refractivity contribution in [1.29, 1.82) is 0 Å². The van der Waals surface area contributed by atoms with Crippen LogP contribution in [0.5, 0.6) is 0 Å². The molecule has 3 nitrogen and oxygen atoms in total. The van der Waals surface area contributed by atoms with Gasteiger partial charge in [0, 0.05) is 12.0 Å². The summed E-state index contributed by atoms with van der Waals surface area (Å²) in [5.74, 6) is 1.55. The van der Waals surface area contributed by atoms with Crippen LogP contribution in [0.1, 0.15) is 38.6 Å². The van der Waals surface area contributed by atoms with Gasteiger partial charge in [-0.05, 0) is 51.6 Å². The Labute approximate surface area is 129 Å². The average Bonchev–Trinajstić information content (AvgIpc) is 2.93. The number of hydrogen-bond acceptors (Lipinski definition) is 4. The highest BCUT2D eigenvalue weighted by molar-refractivity contribution is 7.14. The Kier molecular flexibility index (Phi) is 4.89. The molecule has 0 radical (unpaired) electrons. The summed E-state index contributed by atoms with van der Waals surface area (Å²) < 4.78 is 5.78. The van der Waals surface area contributed by atoms with Gasteiger partial charge in [0.25, 0.3) is 0 Å². The van der Waals surface area contributed by atoms with Crippen LogP contribution in [-0.2, 0) is 6.42 Å². The summed E-state index contributed by atoms with van der Waals surface area (Å²) in [5, 5.41) is 6.26. The minimum Gasteiger partial charge on any atom is -0.440 e. The topological polar surface area (TPSA) is 38.1 Å². The maximum absolute atomic E-state index is 6.24. The zero-order chi connectivity index (χ0) is 14.8. The monoisotopic (exact) mass is 312 g/mol. The smallest absolute Gasteiger partial charge is 0.194 e. The van der Waals surface area contributed by atoms with E-state index in [1.807, 2.05) is 12.3 Å². The number of aromatic nitrogens is 1. The van der Waals surface area contributed by atoms with Gasteiger partial charge in [0.2, 0.25) is 0 Å². The molecule has 0 aliphatic carbocycles. The number of nitrogens with zero attached hydrogens (tertiary/aromatic N) is 1. The molecule has 20 heavy (non-hydrogen) atoms. The highest BCUT2D eigenvalue weighted by atomic mass is 35.5. The summed E-state index contributed by atoms with van der Waals surface area (Å²) in [6.07, 6.45) is 3.61. The molecular formula is C15H21ClN2OS. The number of oxazole rings is 1. The van der Waals surface area contributed by atoms with Gasteiger partial charge in [0.1, 0.15) is 0 Å². The van der Waals surface area contributed by atoms with Crippen molar-refractivity contribution in [3.05, 3.63) is 28.1 Å². The van der Waals surface area contributed by atoms with Crippen LogP contribution < -0.4 is 5.32 Å². The van der Waals surface area contributed by atoms with E-state index in [0.717, 1.165) is 46.5 Å². The summed E-state index contributed by atoms with van der Waals surface area (Å²) in [4.78, 5) is 5.30. The van der Waals surface area contributed by atoms with E-state index >= 15 is 0 Å². The first-order chi connectivity index (χ1) is 9.37. The second-order valence-electron chi connectivity index (χ2n) is 5.96. The zero-order valence-electron chi connectivity index (χ0n) is 12.4. The second-order valence-corrected chi connectivity index (χ2v) is 7.22. The van der Waals surface area contributed by atoms with Gasteiger partial charge in [0.15, 0.2) is 11.7 Å². The third kappa shape index (κ3) is 4.08. The molecule has 2 heterocycles. The van der Waals surface area contributed by atoms with Gasteiger partial charge < -0.3 is 9.73 Å². The largest absolute Gasteiger partial charge is 0.440 e. The van der Waals surface area contributed by atoms with Crippen LogP contribution in [0.25, 0.3) is 10.6 Å². The molecule has 0 saturated carbocycles. The van der Waals surface area contributed by atoms with Crippen molar-refractivity contribution in [1.82, 2.24) is 10.3 Å². The first-order valence-electron chi connectivity index (χ1n) is 6.80. The minimum atomic E-state index is 0.157. The Balaban J connectivity index is 1.91. The molecule has 0 saturated heterocycles. The molecule has 0 amide bonds. The highest BCUT2D eigenvalue weighted by Gasteiger charge is 2.14. The maximum Gasteiger partial charge on any atom is 0.194 e. The molecule has 2 rings (SSSR count). The molecule has 5 heteroatoms. The van der Waals surface area contributed by atoms with Crippen LogP contribution in [0.4, 0.5) is 0 Å². The molecule has 0 atom stereocenters. The fraction of sp³-hybridized carbons (Fsp3) is 0.533. The van der Waals surface area contributed by atoms with Gasteiger partial charge in [-0.3, -0.25) is 0 Å². The van der Waals surface area contributed by atoms with Crippen molar-refractivity contribution in [2.24, 2.45) is 0 Å². The lowest BCUT2D eigenvalue weighted by atomic mass is 10.1. The van der Waals surface area contributed by atoms with Crippen LogP contribution in [-0.4, -0.2) is 17.1 Å². The van der Waals surface area contributed by atoms with Crippen molar-refractivity contribution < 1.29 is 4.42 Å². The van der Waals surface area contributed by atoms with Crippen molar-refractivity contribution in [2.45, 2.75) is 46.1 Å². The van der Waals surface area contributed by atoms with Crippen LogP contribution in [0.3, 0.4) is 0 Å². The first-order valence-corrected chi connectivity index (χ1v) is 8.06. The van der Waals surface area contributed by atoms with Gasteiger partial charge >= 0.3 is 0 Å². The van der Waals surface area contributed by atoms with Gasteiger partial charge in [-0.25, -0.2) is 4.98 Å². The zero-order valence-corrected chi connectivity index (χ0v) is 14.0. The molecule has 0 aromatic carbocycles. The highest BCUT2D eigenvalue weighted by Crippen LogP contribution is 2.36. The Hall–Kier alpha value is -0.840. The van der Waals surface area contributed by atoms with E-state index in [9.17, 15) is 0 Å². The minimum absolute atomic E-state index is 0.157. The fourth-order valence-corrected chi connectivity index (χ4v) is 3.06. The van der Waals surface area contributed by atoms with Crippen LogP contribution in [0.2, 0.25) is 5.02 Å². The summed E-state index contributed by atoms with van der Waals surface area (Å²) in [6, 6.07) is 0. The Morgan fingerprint density at radius 2 is 2.15 bits per heavy atom. The van der Waals surface area contributed by atoms with E-state index in [-0.39, 0.29) is 5.54 Å². The number of thiophene rings is 1. The van der Waals surface area contributed by atoms with Crippen LogP contribution >= 0.6 is 22.9 Å². The lowest BCUT2D eigenvalue weighted by Gasteiger charge is -2.19. The van der Waals surface area contributed by atoms with Crippen LogP contribution in [0.15, 0.2) is 16.0 Å². The molecule has 2 aromatic heterocycles. The number of nitrogens with one attached hydrogen (secondary N) is 1. The molecule has 0 fully saturated rings. The van der Waals surface area contributed by atoms with Crippen LogP contribution in [0, 0.1) is 6.92 Å². The van der Waals surface area contributed by atoms with Crippen molar-refractivity contribution in [3.8, 4) is 10.6 Å². The number of halogens is 1. The average molecular weight is 313 g/mol. The molecule has 110 valence electrons. The van der Waals surface area contributed by atoms with E-state index in [1.54, 1.807) is 17.5 Å². The lowest BCUT2D eigenvalue weighted by Crippen LogP contribution is -2.36. The summed E-state index contributed by atoms with van der Waals surface area (Å²) in [7, 11) is 0. The third-order valence-corrected chi connectivity index (χ3v) is 4.61. The SMILES string of the molecule is Cc1csc(-c2cnc(CCCNC(C)(C)C)o2)c1Cl. The van der Waals surface area contributed by atoms with Gasteiger partial charge in [-0.1, -0.05) is 11.6 Å². The summed E-state index contributed by atoms with van der Waals surface area (Å²) in [5.41, 5.74) is 1.24. The molecule has 0 aliphatic heterocycles. The quantitative estimate of drug-likeness (QED) is 0.814. The predicted octanol–water partition coefficient (Wildman–Crippen LogP) is 4.69. The molecule has 0 bridgehead atoms. The fourth-order valence-electron chi connectivity index (χ4n) is 1.83. The number of rotatable bonds is 5. The molecule has 2 aromatic rings. The van der Waals surface area contributed by atoms with Gasteiger partial charge in [-0.2, -0.15) is 0 Å². The number of hydrogen-bond donors (Lipinski definition) is 1. The molecule has 0 unspecified atom stereocenters. The Morgan fingerprint density at radius 3 is 2.75 bits per heavy atom. The van der Waals surface area contributed by atoms with E-state index in [4.69, 9.17) is 16.0 Å². The van der Waals surface area contributed by atoms with E-state index < -0.39 is 0 Å². The first kappa shape index (κ1) is 15.5. The van der Waals surface area contributed by atoms with E-state index in [0.29, 0.717) is 0 Å². The van der Waals surface area contributed by atoms with Crippen molar-refractivity contribution in [2.75, 3.05) is 6.54 Å². The van der Waals surface area contributed by atoms with Gasteiger partial charge in [-0.15, -0.1) is 11.3 Å². The molecule has 0 spiro atoms. The van der Waals surface area contributed by atoms with Crippen molar-refractivity contribution >= 4 is 22.9 Å². The van der Waals surface area contributed by atoms with Crippen molar-refractivity contribution in [3.63, 3.8) is 0 Å². The van der Waals surface area contributed by atoms with E-state index in [1.165, 1.54) is 0 Å². The third-order valence-electron chi connectivity index (χ3n) is 2.90. The second kappa shape index (κ2) is 6.29. The molecule has 0 aliphatic rings. The predicted molar refractivity (Wildman–Crippen MR) is 85.6 cm³/mol. The van der Waals surface area contributed by atoms with E-state index in [2.05, 4.69) is 31.1 Å². The molecule has 1 N–H and O–H groups in total. The normalized spacial score (nSPS) is 12.1. The van der Waals surface area contributed by atoms with Gasteiger partial charge in [0.05, 0.1) is 16.1 Å². The maximum atomic E-state index is 6.24. The number of aryl methyl sites for hydroxylation is 2. The Bertz CT molecular complexity index is 569. The standard InChI is InChI=1S/C15H21ClN2OS/c1-10-9-20-14(13(10)16)11-8-17-12(19-11)6-5-7-18-15(2,3)4/h8-9,18H,5-7H2,1-4H3.